The molecule has 0 unspecified atom stereocenters. The standard InChI is InChI=1S/C14H19BrN2O4S/c1-16(10-14(18)19)12-6-8-17(9-7-12)22(20,21)13-4-2-11(15)3-5-13/h2-5,12H,6-10H2,1H3,(H,18,19). The molecule has 0 aliphatic carbocycles. The number of likely N-dealkylation sites (N-methyl/N-ethyl adjacent to an activating group) is 1. The van der Waals surface area contributed by atoms with Crippen molar-refractivity contribution in [2.75, 3.05) is 26.7 Å². The fourth-order valence-corrected chi connectivity index (χ4v) is 4.36. The van der Waals surface area contributed by atoms with E-state index in [0.717, 1.165) is 4.47 Å². The molecule has 1 N–H and O–H groups in total. The van der Waals surface area contributed by atoms with Gasteiger partial charge in [-0.25, -0.2) is 8.42 Å². The molecule has 2 rings (SSSR count). The molecule has 1 fully saturated rings. The van der Waals surface area contributed by atoms with Gasteiger partial charge in [0.15, 0.2) is 0 Å². The first-order valence-corrected chi connectivity index (χ1v) is 9.22. The number of carboxylic acids is 1. The number of hydrogen-bond acceptors (Lipinski definition) is 4. The van der Waals surface area contributed by atoms with Gasteiger partial charge < -0.3 is 5.11 Å². The Kier molecular flexibility index (Phi) is 5.60. The van der Waals surface area contributed by atoms with E-state index in [0.29, 0.717) is 25.9 Å². The maximum Gasteiger partial charge on any atom is 0.317 e. The van der Waals surface area contributed by atoms with Gasteiger partial charge in [-0.15, -0.1) is 0 Å². The van der Waals surface area contributed by atoms with Crippen LogP contribution in [0.5, 0.6) is 0 Å². The summed E-state index contributed by atoms with van der Waals surface area (Å²) in [5.41, 5.74) is 0. The third-order valence-electron chi connectivity index (χ3n) is 3.88. The van der Waals surface area contributed by atoms with Crippen LogP contribution in [-0.4, -0.2) is 61.4 Å². The molecule has 1 saturated heterocycles. The summed E-state index contributed by atoms with van der Waals surface area (Å²) in [4.78, 5) is 12.8. The number of carbonyl (C=O) groups is 1. The molecular weight excluding hydrogens is 372 g/mol. The molecular formula is C14H19BrN2O4S. The minimum absolute atomic E-state index is 0.0237. The topological polar surface area (TPSA) is 77.9 Å². The minimum Gasteiger partial charge on any atom is -0.480 e. The van der Waals surface area contributed by atoms with E-state index in [-0.39, 0.29) is 17.5 Å². The van der Waals surface area contributed by atoms with Crippen LogP contribution in [0.25, 0.3) is 0 Å². The van der Waals surface area contributed by atoms with E-state index in [4.69, 9.17) is 5.11 Å². The van der Waals surface area contributed by atoms with Crippen molar-refractivity contribution in [2.24, 2.45) is 0 Å². The van der Waals surface area contributed by atoms with Crippen molar-refractivity contribution >= 4 is 31.9 Å². The molecule has 0 radical (unpaired) electrons. The van der Waals surface area contributed by atoms with Crippen LogP contribution in [0.15, 0.2) is 33.6 Å². The largest absolute Gasteiger partial charge is 0.480 e. The number of halogens is 1. The van der Waals surface area contributed by atoms with Crippen molar-refractivity contribution in [1.82, 2.24) is 9.21 Å². The number of benzene rings is 1. The molecule has 6 nitrogen and oxygen atoms in total. The Bertz CT molecular complexity index is 625. The smallest absolute Gasteiger partial charge is 0.317 e. The van der Waals surface area contributed by atoms with Crippen molar-refractivity contribution in [1.29, 1.82) is 0 Å². The summed E-state index contributed by atoms with van der Waals surface area (Å²) in [5, 5.41) is 8.82. The lowest BCUT2D eigenvalue weighted by atomic mass is 10.1. The van der Waals surface area contributed by atoms with Crippen LogP contribution in [-0.2, 0) is 14.8 Å². The summed E-state index contributed by atoms with van der Waals surface area (Å²) in [6, 6.07) is 6.69. The van der Waals surface area contributed by atoms with Crippen molar-refractivity contribution in [2.45, 2.75) is 23.8 Å². The van der Waals surface area contributed by atoms with Crippen molar-refractivity contribution in [3.63, 3.8) is 0 Å². The Balaban J connectivity index is 2.01. The Morgan fingerprint density at radius 2 is 1.86 bits per heavy atom. The van der Waals surface area contributed by atoms with Gasteiger partial charge in [-0.05, 0) is 44.2 Å². The maximum absolute atomic E-state index is 12.6. The minimum atomic E-state index is -3.47. The average Bonchev–Trinajstić information content (AvgIpc) is 2.47. The number of hydrogen-bond donors (Lipinski definition) is 1. The molecule has 0 aromatic heterocycles. The zero-order chi connectivity index (χ0) is 16.3. The van der Waals surface area contributed by atoms with Crippen LogP contribution >= 0.6 is 15.9 Å². The second-order valence-electron chi connectivity index (χ2n) is 5.40. The highest BCUT2D eigenvalue weighted by Gasteiger charge is 2.31. The predicted molar refractivity (Wildman–Crippen MR) is 86.2 cm³/mol. The van der Waals surface area contributed by atoms with Gasteiger partial charge in [0.05, 0.1) is 11.4 Å². The van der Waals surface area contributed by atoms with Crippen LogP contribution in [0, 0.1) is 0 Å². The number of nitrogens with zero attached hydrogens (tertiary/aromatic N) is 2. The average molecular weight is 391 g/mol. The Morgan fingerprint density at radius 3 is 2.36 bits per heavy atom. The molecule has 1 aromatic rings. The molecule has 1 aromatic carbocycles. The fourth-order valence-electron chi connectivity index (χ4n) is 2.62. The lowest BCUT2D eigenvalue weighted by molar-refractivity contribution is -0.138. The monoisotopic (exact) mass is 390 g/mol. The fraction of sp³-hybridized carbons (Fsp3) is 0.500. The second kappa shape index (κ2) is 7.08. The Labute approximate surface area is 138 Å². The number of sulfonamides is 1. The Hall–Kier alpha value is -0.960. The van der Waals surface area contributed by atoms with Gasteiger partial charge in [0.1, 0.15) is 0 Å². The maximum atomic E-state index is 12.6. The summed E-state index contributed by atoms with van der Waals surface area (Å²) in [7, 11) is -1.71. The van der Waals surface area contributed by atoms with Gasteiger partial charge in [-0.1, -0.05) is 15.9 Å². The van der Waals surface area contributed by atoms with E-state index in [1.165, 1.54) is 4.31 Å². The van der Waals surface area contributed by atoms with E-state index in [9.17, 15) is 13.2 Å². The molecule has 0 spiro atoms. The molecule has 0 amide bonds. The van der Waals surface area contributed by atoms with Crippen molar-refractivity contribution in [3.05, 3.63) is 28.7 Å². The normalized spacial score (nSPS) is 17.8. The molecule has 0 saturated carbocycles. The van der Waals surface area contributed by atoms with Crippen LogP contribution in [0.2, 0.25) is 0 Å². The molecule has 8 heteroatoms. The van der Waals surface area contributed by atoms with Crippen LogP contribution in [0.3, 0.4) is 0 Å². The molecule has 0 bridgehead atoms. The molecule has 22 heavy (non-hydrogen) atoms. The summed E-state index contributed by atoms with van der Waals surface area (Å²) < 4.78 is 27.4. The number of aliphatic carboxylic acids is 1. The van der Waals surface area contributed by atoms with Gasteiger partial charge in [0, 0.05) is 23.6 Å². The molecule has 0 atom stereocenters. The van der Waals surface area contributed by atoms with Crippen LogP contribution < -0.4 is 0 Å². The van der Waals surface area contributed by atoms with E-state index >= 15 is 0 Å². The zero-order valence-electron chi connectivity index (χ0n) is 12.3. The lowest BCUT2D eigenvalue weighted by Crippen LogP contribution is -2.46. The first kappa shape index (κ1) is 17.4. The highest BCUT2D eigenvalue weighted by Crippen LogP contribution is 2.23. The molecule has 122 valence electrons. The summed E-state index contributed by atoms with van der Waals surface area (Å²) in [5.74, 6) is -0.868. The summed E-state index contributed by atoms with van der Waals surface area (Å²) in [6.45, 7) is 0.796. The first-order valence-electron chi connectivity index (χ1n) is 6.98. The van der Waals surface area contributed by atoms with Crippen molar-refractivity contribution < 1.29 is 18.3 Å². The molecule has 1 heterocycles. The predicted octanol–water partition coefficient (Wildman–Crippen LogP) is 1.62. The zero-order valence-corrected chi connectivity index (χ0v) is 14.7. The second-order valence-corrected chi connectivity index (χ2v) is 8.25. The van der Waals surface area contributed by atoms with Crippen LogP contribution in [0.1, 0.15) is 12.8 Å². The molecule has 1 aliphatic rings. The quantitative estimate of drug-likeness (QED) is 0.826. The molecule has 1 aliphatic heterocycles. The third-order valence-corrected chi connectivity index (χ3v) is 6.32. The Morgan fingerprint density at radius 1 is 1.32 bits per heavy atom. The van der Waals surface area contributed by atoms with Crippen LogP contribution in [0.4, 0.5) is 0 Å². The van der Waals surface area contributed by atoms with Gasteiger partial charge in [-0.2, -0.15) is 4.31 Å². The van der Waals surface area contributed by atoms with E-state index in [1.54, 1.807) is 36.2 Å². The van der Waals surface area contributed by atoms with Crippen molar-refractivity contribution in [3.8, 4) is 0 Å². The van der Waals surface area contributed by atoms with E-state index in [2.05, 4.69) is 15.9 Å². The summed E-state index contributed by atoms with van der Waals surface area (Å²) >= 11 is 3.29. The number of piperidine rings is 1. The van der Waals surface area contributed by atoms with Gasteiger partial charge in [0.25, 0.3) is 0 Å². The number of carboxylic acid groups (broad SMARTS) is 1. The van der Waals surface area contributed by atoms with Gasteiger partial charge in [-0.3, -0.25) is 9.69 Å². The SMILES string of the molecule is CN(CC(=O)O)C1CCN(S(=O)(=O)c2ccc(Br)cc2)CC1. The third kappa shape index (κ3) is 4.07. The highest BCUT2D eigenvalue weighted by atomic mass is 79.9. The van der Waals surface area contributed by atoms with E-state index in [1.807, 2.05) is 0 Å². The highest BCUT2D eigenvalue weighted by molar-refractivity contribution is 9.10. The summed E-state index contributed by atoms with van der Waals surface area (Å²) in [6.07, 6.45) is 1.28. The van der Waals surface area contributed by atoms with Gasteiger partial charge >= 0.3 is 5.97 Å². The number of rotatable bonds is 5. The first-order chi connectivity index (χ1) is 10.3. The van der Waals surface area contributed by atoms with Gasteiger partial charge in [0.2, 0.25) is 10.0 Å². The van der Waals surface area contributed by atoms with E-state index < -0.39 is 16.0 Å². The lowest BCUT2D eigenvalue weighted by Gasteiger charge is -2.35.